The van der Waals surface area contributed by atoms with E-state index in [4.69, 9.17) is 5.02 Å². The van der Waals surface area contributed by atoms with E-state index in [1.54, 1.807) is 25.0 Å². The van der Waals surface area contributed by atoms with E-state index in [1.807, 2.05) is 0 Å². The highest BCUT2D eigenvalue weighted by Gasteiger charge is 2.09. The third-order valence-electron chi connectivity index (χ3n) is 1.36. The summed E-state index contributed by atoms with van der Waals surface area (Å²) in [5, 5.41) is 8.96. The predicted octanol–water partition coefficient (Wildman–Crippen LogP) is 0.646. The van der Waals surface area contributed by atoms with Crippen LogP contribution in [-0.4, -0.2) is 11.9 Å². The number of benzene rings is 1. The minimum absolute atomic E-state index is 0.350. The molecule has 0 spiro atoms. The van der Waals surface area contributed by atoms with Crippen LogP contribution >= 0.6 is 0 Å². The van der Waals surface area contributed by atoms with Crippen molar-refractivity contribution in [3.63, 3.8) is 0 Å². The van der Waals surface area contributed by atoms with Gasteiger partial charge >= 0.3 is 6.92 Å². The normalized spacial score (nSPS) is 9.50. The molecule has 0 heterocycles. The van der Waals surface area contributed by atoms with Gasteiger partial charge in [-0.1, -0.05) is 25.0 Å². The van der Waals surface area contributed by atoms with Gasteiger partial charge in [0, 0.05) is 0 Å². The molecule has 0 fully saturated rings. The van der Waals surface area contributed by atoms with Gasteiger partial charge in [-0.15, -0.1) is 0 Å². The predicted molar refractivity (Wildman–Crippen MR) is 39.9 cm³/mol. The largest absolute Gasteiger partial charge is 0.446 e. The Balaban J connectivity index is 3.03. The Morgan fingerprint density at radius 2 is 2.00 bits per heavy atom. The summed E-state index contributed by atoms with van der Waals surface area (Å²) in [6, 6.07) is 6.20. The van der Waals surface area contributed by atoms with Gasteiger partial charge in [-0.3, -0.25) is 0 Å². The van der Waals surface area contributed by atoms with Crippen LogP contribution in [-0.2, 0) is 0 Å². The third kappa shape index (κ3) is 1.36. The molecular formula is C7H8BFO. The zero-order chi connectivity index (χ0) is 7.56. The molecule has 0 radical (unpaired) electrons. The second kappa shape index (κ2) is 2.84. The molecule has 0 aliphatic heterocycles. The Morgan fingerprint density at radius 3 is 2.40 bits per heavy atom. The maximum atomic E-state index is 12.7. The van der Waals surface area contributed by atoms with Gasteiger partial charge in [-0.05, 0) is 11.5 Å². The average Bonchev–Trinajstić information content (AvgIpc) is 1.88. The molecule has 1 aromatic carbocycles. The van der Waals surface area contributed by atoms with E-state index in [2.05, 4.69) is 0 Å². The van der Waals surface area contributed by atoms with Crippen molar-refractivity contribution < 1.29 is 9.41 Å². The molecule has 0 aliphatic rings. The molecule has 1 aromatic rings. The summed E-state index contributed by atoms with van der Waals surface area (Å²) < 4.78 is 12.7. The zero-order valence-corrected chi connectivity index (χ0v) is 5.71. The van der Waals surface area contributed by atoms with Crippen LogP contribution in [0.3, 0.4) is 0 Å². The molecular weight excluding hydrogens is 130 g/mol. The summed E-state index contributed by atoms with van der Waals surface area (Å²) >= 11 is 0. The van der Waals surface area contributed by atoms with Crippen LogP contribution in [0.5, 0.6) is 0 Å². The van der Waals surface area contributed by atoms with Gasteiger partial charge in [-0.25, -0.2) is 4.39 Å². The Kier molecular flexibility index (Phi) is 2.07. The molecule has 52 valence electrons. The summed E-state index contributed by atoms with van der Waals surface area (Å²) in [7, 11) is 0. The Labute approximate surface area is 59.6 Å². The van der Waals surface area contributed by atoms with E-state index in [1.165, 1.54) is 6.07 Å². The number of halogens is 1. The molecule has 0 unspecified atom stereocenters. The molecule has 0 bridgehead atoms. The van der Waals surface area contributed by atoms with Gasteiger partial charge in [0.1, 0.15) is 5.82 Å². The van der Waals surface area contributed by atoms with E-state index in [-0.39, 0.29) is 5.82 Å². The highest BCUT2D eigenvalue weighted by atomic mass is 19.1. The first-order chi connectivity index (χ1) is 4.72. The van der Waals surface area contributed by atoms with Crippen LogP contribution < -0.4 is 5.46 Å². The van der Waals surface area contributed by atoms with Crippen LogP contribution in [0.25, 0.3) is 0 Å². The molecule has 0 aliphatic carbocycles. The van der Waals surface area contributed by atoms with Crippen LogP contribution in [0.2, 0.25) is 6.82 Å². The fourth-order valence-electron chi connectivity index (χ4n) is 0.814. The van der Waals surface area contributed by atoms with Gasteiger partial charge < -0.3 is 5.02 Å². The standard InChI is InChI=1S/C7H8BFO/c1-8(10)6-4-2-3-5-7(6)9/h2-5,10H,1H3. The van der Waals surface area contributed by atoms with Gasteiger partial charge in [0.05, 0.1) is 0 Å². The SMILES string of the molecule is CB(O)c1ccccc1F. The highest BCUT2D eigenvalue weighted by Crippen LogP contribution is 1.93. The molecule has 1 N–H and O–H groups in total. The van der Waals surface area contributed by atoms with Crippen molar-refractivity contribution in [1.29, 1.82) is 0 Å². The van der Waals surface area contributed by atoms with Crippen LogP contribution in [0.4, 0.5) is 4.39 Å². The minimum atomic E-state index is -0.721. The Morgan fingerprint density at radius 1 is 1.40 bits per heavy atom. The van der Waals surface area contributed by atoms with Crippen molar-refractivity contribution in [2.45, 2.75) is 6.82 Å². The van der Waals surface area contributed by atoms with E-state index < -0.39 is 6.92 Å². The van der Waals surface area contributed by atoms with Crippen molar-refractivity contribution >= 4 is 12.4 Å². The van der Waals surface area contributed by atoms with Crippen molar-refractivity contribution in [3.8, 4) is 0 Å². The first-order valence-corrected chi connectivity index (χ1v) is 3.14. The van der Waals surface area contributed by atoms with Crippen molar-refractivity contribution in [2.75, 3.05) is 0 Å². The second-order valence-corrected chi connectivity index (χ2v) is 2.20. The van der Waals surface area contributed by atoms with E-state index in [0.717, 1.165) is 0 Å². The van der Waals surface area contributed by atoms with Gasteiger partial charge in [-0.2, -0.15) is 0 Å². The quantitative estimate of drug-likeness (QED) is 0.564. The fourth-order valence-corrected chi connectivity index (χ4v) is 0.814. The molecule has 0 saturated heterocycles. The van der Waals surface area contributed by atoms with Crippen LogP contribution in [0.1, 0.15) is 0 Å². The summed E-state index contributed by atoms with van der Waals surface area (Å²) in [4.78, 5) is 0. The van der Waals surface area contributed by atoms with E-state index >= 15 is 0 Å². The first-order valence-electron chi connectivity index (χ1n) is 3.14. The Hall–Kier alpha value is -0.825. The summed E-state index contributed by atoms with van der Waals surface area (Å²) in [5.41, 5.74) is 0.350. The number of hydrogen-bond acceptors (Lipinski definition) is 1. The molecule has 1 rings (SSSR count). The highest BCUT2D eigenvalue weighted by molar-refractivity contribution is 6.64. The number of rotatable bonds is 1. The Bertz CT molecular complexity index is 225. The van der Waals surface area contributed by atoms with Gasteiger partial charge in [0.25, 0.3) is 0 Å². The third-order valence-corrected chi connectivity index (χ3v) is 1.36. The van der Waals surface area contributed by atoms with Crippen molar-refractivity contribution in [2.24, 2.45) is 0 Å². The maximum absolute atomic E-state index is 12.7. The van der Waals surface area contributed by atoms with Crippen LogP contribution in [0.15, 0.2) is 24.3 Å². The fraction of sp³-hybridized carbons (Fsp3) is 0.143. The zero-order valence-electron chi connectivity index (χ0n) is 5.71. The molecule has 0 atom stereocenters. The average molecular weight is 138 g/mol. The lowest BCUT2D eigenvalue weighted by Gasteiger charge is -1.99. The summed E-state index contributed by atoms with van der Waals surface area (Å²) in [6.07, 6.45) is 0. The van der Waals surface area contributed by atoms with E-state index in [0.29, 0.717) is 5.46 Å². The summed E-state index contributed by atoms with van der Waals surface area (Å²) in [5.74, 6) is -0.350. The molecule has 3 heteroatoms. The number of hydrogen-bond donors (Lipinski definition) is 1. The summed E-state index contributed by atoms with van der Waals surface area (Å²) in [6.45, 7) is 0.819. The smallest absolute Gasteiger partial charge is 0.323 e. The van der Waals surface area contributed by atoms with Crippen molar-refractivity contribution in [3.05, 3.63) is 30.1 Å². The maximum Gasteiger partial charge on any atom is 0.323 e. The molecule has 0 saturated carbocycles. The van der Waals surface area contributed by atoms with Crippen LogP contribution in [0, 0.1) is 5.82 Å². The topological polar surface area (TPSA) is 20.2 Å². The lowest BCUT2D eigenvalue weighted by Crippen LogP contribution is -2.28. The van der Waals surface area contributed by atoms with E-state index in [9.17, 15) is 4.39 Å². The molecule has 1 nitrogen and oxygen atoms in total. The second-order valence-electron chi connectivity index (χ2n) is 2.20. The molecule has 10 heavy (non-hydrogen) atoms. The lowest BCUT2D eigenvalue weighted by molar-refractivity contribution is 0.584. The lowest BCUT2D eigenvalue weighted by atomic mass is 9.64. The monoisotopic (exact) mass is 138 g/mol. The molecule has 0 aromatic heterocycles. The molecule has 0 amide bonds. The van der Waals surface area contributed by atoms with Crippen molar-refractivity contribution in [1.82, 2.24) is 0 Å². The van der Waals surface area contributed by atoms with Gasteiger partial charge in [0.2, 0.25) is 0 Å². The minimum Gasteiger partial charge on any atom is -0.446 e. The van der Waals surface area contributed by atoms with Gasteiger partial charge in [0.15, 0.2) is 0 Å². The first kappa shape index (κ1) is 7.28.